The standard InChI is InChI=1S/C90H132NO9P3/c1-79(2,3)64-61-55-43-37-40-46-58(55)95-101(98-76(61)73(88(28,29)30)70(85(19,20)21)67(64)82(10,11)12)92-52-49-91(50-53-93-102-96-59-47-41-38-44-56(59)62-65(80(4,5)6)68(83(13,14)15)71(86(22,23)24)74(77(62)99-102)89(31,32)33)51-54-94-103-97-60-48-42-39-45-57(60)63-66(81(7,8)9)69(84(16,17)18)72(87(25,26)27)75(78(63)100-103)90(34,35)36/h37-48H,49-54H2,1-36H3. The molecule has 0 saturated carbocycles. The summed E-state index contributed by atoms with van der Waals surface area (Å²) < 4.78 is 65.2. The fraction of sp³-hybridized carbons (Fsp3) is 0.600. The molecule has 3 aromatic heterocycles. The normalized spacial score (nSPS) is 14.6. The molecule has 0 N–H and O–H groups in total. The fourth-order valence-electron chi connectivity index (χ4n) is 16.1. The number of para-hydroxylation sites is 3. The Morgan fingerprint density at radius 1 is 0.233 bits per heavy atom. The van der Waals surface area contributed by atoms with Crippen LogP contribution < -0.4 is 13.6 Å². The first-order valence-electron chi connectivity index (χ1n) is 37.9. The molecule has 0 radical (unpaired) electrons. The van der Waals surface area contributed by atoms with E-state index in [4.69, 9.17) is 38.8 Å². The van der Waals surface area contributed by atoms with Gasteiger partial charge in [-0.2, -0.15) is 0 Å². The summed E-state index contributed by atoms with van der Waals surface area (Å²) in [6.07, 6.45) is 0. The molecule has 3 atom stereocenters. The lowest BCUT2D eigenvalue weighted by atomic mass is 9.63. The third kappa shape index (κ3) is 17.1. The third-order valence-electron chi connectivity index (χ3n) is 19.7. The van der Waals surface area contributed by atoms with E-state index < -0.39 is 24.7 Å². The Bertz CT molecular complexity index is 4300. The summed E-state index contributed by atoms with van der Waals surface area (Å²) in [5.74, 6) is 0. The van der Waals surface area contributed by atoms with Gasteiger partial charge in [0, 0.05) is 68.6 Å². The number of hydrogen-bond donors (Lipinski definition) is 0. The second-order valence-corrected chi connectivity index (χ2v) is 44.9. The molecular weight excluding hydrogens is 1330 g/mol. The molecule has 0 fully saturated rings. The van der Waals surface area contributed by atoms with Crippen molar-refractivity contribution in [3.05, 3.63) is 140 Å². The molecule has 0 bridgehead atoms. The first kappa shape index (κ1) is 81.9. The minimum atomic E-state index is -2.00. The number of hydrogen-bond acceptors (Lipinski definition) is 10. The van der Waals surface area contributed by atoms with E-state index >= 15 is 0 Å². The molecule has 3 unspecified atom stereocenters. The van der Waals surface area contributed by atoms with Crippen LogP contribution in [0.2, 0.25) is 0 Å². The van der Waals surface area contributed by atoms with Gasteiger partial charge in [-0.3, -0.25) is 18.5 Å². The maximum Gasteiger partial charge on any atom is 0.387 e. The van der Waals surface area contributed by atoms with E-state index in [0.717, 1.165) is 65.8 Å². The van der Waals surface area contributed by atoms with Crippen LogP contribution in [0.15, 0.2) is 98.0 Å². The van der Waals surface area contributed by atoms with E-state index in [9.17, 15) is 0 Å². The SMILES string of the molecule is CC(C)(C)c1c(C(C)(C)C)c(C(C)(C)C)c2c(op(OCCN(CCOp3oc4ccccc4c4c(C(C)(C)C)c(C(C)(C)C)c(C(C)(C)C)c(C(C)(C)C)c4o3)CCOp3oc4ccccc4c4c(C(C)(C)C)c(C(C)(C)C)c(C(C)(C)C)c(C(C)(C)C)c4o3)oc3ccccc32)c1C(C)(C)C. The van der Waals surface area contributed by atoms with Crippen molar-refractivity contribution in [3.63, 3.8) is 0 Å². The van der Waals surface area contributed by atoms with Gasteiger partial charge >= 0.3 is 24.7 Å². The minimum Gasteiger partial charge on any atom is -0.399 e. The highest BCUT2D eigenvalue weighted by Gasteiger charge is 2.45. The topological polar surface area (TPSA) is 110 Å². The maximum absolute atomic E-state index is 7.50. The lowest BCUT2D eigenvalue weighted by Gasteiger charge is -2.41. The molecule has 0 aliphatic carbocycles. The van der Waals surface area contributed by atoms with Crippen molar-refractivity contribution in [2.75, 3.05) is 39.5 Å². The number of nitrogens with zero attached hydrogens (tertiary/aromatic N) is 1. The number of benzene rings is 6. The highest BCUT2D eigenvalue weighted by atomic mass is 31.1. The Morgan fingerprint density at radius 3 is 0.592 bits per heavy atom. The molecule has 10 nitrogen and oxygen atoms in total. The predicted molar refractivity (Wildman–Crippen MR) is 444 cm³/mol. The second kappa shape index (κ2) is 28.1. The Kier molecular flexibility index (Phi) is 22.4. The van der Waals surface area contributed by atoms with Gasteiger partial charge in [0.05, 0.1) is 19.8 Å². The lowest BCUT2D eigenvalue weighted by Crippen LogP contribution is -2.35. The van der Waals surface area contributed by atoms with Crippen molar-refractivity contribution in [2.24, 2.45) is 0 Å². The summed E-state index contributed by atoms with van der Waals surface area (Å²) in [4.78, 5) is 2.34. The first-order chi connectivity index (χ1) is 46.8. The van der Waals surface area contributed by atoms with Gasteiger partial charge in [0.15, 0.2) is 0 Å². The summed E-state index contributed by atoms with van der Waals surface area (Å²) in [6, 6.07) is 25.3. The van der Waals surface area contributed by atoms with Crippen LogP contribution in [0.1, 0.15) is 316 Å². The Labute approximate surface area is 623 Å². The van der Waals surface area contributed by atoms with Crippen LogP contribution in [0, 0.1) is 0 Å². The Hall–Kier alpha value is -5.14. The molecule has 9 aromatic rings. The van der Waals surface area contributed by atoms with Crippen molar-refractivity contribution in [1.29, 1.82) is 0 Å². The highest BCUT2D eigenvalue weighted by Crippen LogP contribution is 2.57. The molecule has 6 aromatic carbocycles. The summed E-state index contributed by atoms with van der Waals surface area (Å²) in [7, 11) is -6.01. The zero-order valence-electron chi connectivity index (χ0n) is 70.6. The van der Waals surface area contributed by atoms with E-state index in [0.29, 0.717) is 19.6 Å². The zero-order valence-corrected chi connectivity index (χ0v) is 73.3. The summed E-state index contributed by atoms with van der Waals surface area (Å²) in [5.41, 5.74) is 17.1. The van der Waals surface area contributed by atoms with Crippen molar-refractivity contribution in [2.45, 2.75) is 314 Å². The van der Waals surface area contributed by atoms with E-state index in [2.05, 4.69) is 327 Å². The van der Waals surface area contributed by atoms with E-state index in [1.54, 1.807) is 0 Å². The molecule has 566 valence electrons. The molecule has 9 rings (SSSR count). The van der Waals surface area contributed by atoms with Crippen molar-refractivity contribution >= 4 is 90.5 Å². The van der Waals surface area contributed by atoms with Crippen LogP contribution in [-0.4, -0.2) is 44.4 Å². The molecule has 0 amide bonds. The molecule has 103 heavy (non-hydrogen) atoms. The van der Waals surface area contributed by atoms with Crippen LogP contribution in [0.5, 0.6) is 0 Å². The Morgan fingerprint density at radius 2 is 0.408 bits per heavy atom. The van der Waals surface area contributed by atoms with Gasteiger partial charge in [-0.25, -0.2) is 0 Å². The van der Waals surface area contributed by atoms with Crippen LogP contribution in [0.25, 0.3) is 65.8 Å². The van der Waals surface area contributed by atoms with Gasteiger partial charge in [0.1, 0.15) is 33.5 Å². The molecule has 0 aliphatic heterocycles. The van der Waals surface area contributed by atoms with Gasteiger partial charge in [0.25, 0.3) is 0 Å². The molecular formula is C90H132NO9P3. The van der Waals surface area contributed by atoms with E-state index in [1.165, 1.54) is 66.8 Å². The van der Waals surface area contributed by atoms with E-state index in [1.807, 2.05) is 0 Å². The number of fused-ring (bicyclic) bond motifs is 9. The first-order valence-corrected chi connectivity index (χ1v) is 41.2. The zero-order chi connectivity index (χ0) is 77.3. The van der Waals surface area contributed by atoms with Crippen molar-refractivity contribution in [3.8, 4) is 0 Å². The van der Waals surface area contributed by atoms with Gasteiger partial charge in [-0.05, 0) is 133 Å². The molecule has 13 heteroatoms. The van der Waals surface area contributed by atoms with E-state index in [-0.39, 0.29) is 84.8 Å². The van der Waals surface area contributed by atoms with Crippen molar-refractivity contribution < 1.29 is 38.8 Å². The van der Waals surface area contributed by atoms with Crippen molar-refractivity contribution in [1.82, 2.24) is 4.90 Å². The van der Waals surface area contributed by atoms with Gasteiger partial charge in [0.2, 0.25) is 0 Å². The van der Waals surface area contributed by atoms with Gasteiger partial charge < -0.3 is 25.2 Å². The average Bonchev–Trinajstić information content (AvgIpc) is 1.65. The maximum atomic E-state index is 7.50. The highest BCUT2D eigenvalue weighted by molar-refractivity contribution is 7.32. The summed E-state index contributed by atoms with van der Waals surface area (Å²) in [6.45, 7) is 86.5. The monoisotopic (exact) mass is 1460 g/mol. The third-order valence-corrected chi connectivity index (χ3v) is 22.9. The Balaban J connectivity index is 1.24. The van der Waals surface area contributed by atoms with Crippen LogP contribution in [-0.2, 0) is 65.0 Å². The smallest absolute Gasteiger partial charge is 0.387 e. The van der Waals surface area contributed by atoms with Crippen LogP contribution in [0.4, 0.5) is 0 Å². The van der Waals surface area contributed by atoms with Gasteiger partial charge in [-0.15, -0.1) is 0 Å². The molecule has 0 spiro atoms. The molecule has 0 aliphatic rings. The summed E-state index contributed by atoms with van der Waals surface area (Å²) >= 11 is 0. The van der Waals surface area contributed by atoms with Crippen LogP contribution >= 0.6 is 24.7 Å². The van der Waals surface area contributed by atoms with Gasteiger partial charge in [-0.1, -0.05) is 304 Å². The minimum absolute atomic E-state index is 0.204. The largest absolute Gasteiger partial charge is 0.399 e. The molecule has 0 saturated heterocycles. The summed E-state index contributed by atoms with van der Waals surface area (Å²) in [5, 5.41) is 6.29. The fourth-order valence-corrected chi connectivity index (χ4v) is 19.2. The predicted octanol–water partition coefficient (Wildman–Crippen LogP) is 28.1. The average molecular weight is 1460 g/mol. The quantitative estimate of drug-likeness (QED) is 0.117. The lowest BCUT2D eigenvalue weighted by molar-refractivity contribution is 0.183. The molecule has 3 heterocycles. The van der Waals surface area contributed by atoms with Crippen LogP contribution in [0.3, 0.4) is 0 Å². The second-order valence-electron chi connectivity index (χ2n) is 41.7. The number of rotatable bonds is 12.